The first-order chi connectivity index (χ1) is 13.1. The zero-order valence-corrected chi connectivity index (χ0v) is 15.2. The SMILES string of the molecule is Cc1ccccc1NC(=O)c1ccc(C(=O)NCCc2ccccc2)cc1. The van der Waals surface area contributed by atoms with Crippen molar-refractivity contribution in [1.29, 1.82) is 0 Å². The Hall–Kier alpha value is -3.40. The highest BCUT2D eigenvalue weighted by atomic mass is 16.2. The van der Waals surface area contributed by atoms with Crippen molar-refractivity contribution in [1.82, 2.24) is 5.32 Å². The summed E-state index contributed by atoms with van der Waals surface area (Å²) in [6.45, 7) is 2.51. The third-order valence-corrected chi connectivity index (χ3v) is 4.34. The highest BCUT2D eigenvalue weighted by molar-refractivity contribution is 6.05. The van der Waals surface area contributed by atoms with Crippen LogP contribution in [0.4, 0.5) is 5.69 Å². The second-order valence-corrected chi connectivity index (χ2v) is 6.34. The molecular formula is C23H22N2O2. The van der Waals surface area contributed by atoms with Crippen LogP contribution in [0.1, 0.15) is 31.8 Å². The molecule has 0 aromatic heterocycles. The summed E-state index contributed by atoms with van der Waals surface area (Å²) in [5.74, 6) is -0.336. The zero-order chi connectivity index (χ0) is 19.1. The predicted molar refractivity (Wildman–Crippen MR) is 108 cm³/mol. The van der Waals surface area contributed by atoms with E-state index in [1.807, 2.05) is 61.5 Å². The molecule has 2 amide bonds. The Morgan fingerprint density at radius 3 is 2.00 bits per heavy atom. The van der Waals surface area contributed by atoms with Gasteiger partial charge in [0, 0.05) is 23.4 Å². The molecule has 3 aromatic rings. The normalized spacial score (nSPS) is 10.3. The molecule has 0 aliphatic carbocycles. The van der Waals surface area contributed by atoms with Gasteiger partial charge in [-0.3, -0.25) is 9.59 Å². The van der Waals surface area contributed by atoms with Crippen molar-refractivity contribution < 1.29 is 9.59 Å². The summed E-state index contributed by atoms with van der Waals surface area (Å²) in [6.07, 6.45) is 0.781. The lowest BCUT2D eigenvalue weighted by Crippen LogP contribution is -2.25. The van der Waals surface area contributed by atoms with Crippen molar-refractivity contribution in [3.63, 3.8) is 0 Å². The number of carbonyl (C=O) groups excluding carboxylic acids is 2. The van der Waals surface area contributed by atoms with Crippen LogP contribution in [-0.2, 0) is 6.42 Å². The van der Waals surface area contributed by atoms with Crippen LogP contribution in [0, 0.1) is 6.92 Å². The molecule has 0 bridgehead atoms. The van der Waals surface area contributed by atoms with Gasteiger partial charge < -0.3 is 10.6 Å². The third-order valence-electron chi connectivity index (χ3n) is 4.34. The van der Waals surface area contributed by atoms with Gasteiger partial charge in [-0.25, -0.2) is 0 Å². The Balaban J connectivity index is 1.55. The lowest BCUT2D eigenvalue weighted by molar-refractivity contribution is 0.0952. The van der Waals surface area contributed by atoms with Gasteiger partial charge in [0.05, 0.1) is 0 Å². The predicted octanol–water partition coefficient (Wildman–Crippen LogP) is 4.22. The van der Waals surface area contributed by atoms with E-state index in [0.29, 0.717) is 17.7 Å². The fourth-order valence-corrected chi connectivity index (χ4v) is 2.75. The molecule has 0 heterocycles. The number of rotatable bonds is 6. The van der Waals surface area contributed by atoms with Crippen molar-refractivity contribution in [3.8, 4) is 0 Å². The Morgan fingerprint density at radius 1 is 0.741 bits per heavy atom. The number of benzene rings is 3. The van der Waals surface area contributed by atoms with Crippen molar-refractivity contribution in [3.05, 3.63) is 101 Å². The zero-order valence-electron chi connectivity index (χ0n) is 15.2. The minimum Gasteiger partial charge on any atom is -0.352 e. The van der Waals surface area contributed by atoms with Crippen LogP contribution < -0.4 is 10.6 Å². The first-order valence-corrected chi connectivity index (χ1v) is 8.92. The molecule has 0 saturated heterocycles. The number of para-hydroxylation sites is 1. The maximum Gasteiger partial charge on any atom is 0.255 e. The van der Waals surface area contributed by atoms with Crippen LogP contribution in [0.25, 0.3) is 0 Å². The Bertz CT molecular complexity index is 919. The lowest BCUT2D eigenvalue weighted by atomic mass is 10.1. The molecule has 0 unspecified atom stereocenters. The summed E-state index contributed by atoms with van der Waals surface area (Å²) in [5, 5.41) is 5.79. The topological polar surface area (TPSA) is 58.2 Å². The van der Waals surface area contributed by atoms with Gasteiger partial charge in [-0.2, -0.15) is 0 Å². The van der Waals surface area contributed by atoms with Gasteiger partial charge in [0.25, 0.3) is 11.8 Å². The molecule has 3 aromatic carbocycles. The largest absolute Gasteiger partial charge is 0.352 e. The number of amides is 2. The highest BCUT2D eigenvalue weighted by Crippen LogP contribution is 2.15. The van der Waals surface area contributed by atoms with Crippen molar-refractivity contribution in [2.75, 3.05) is 11.9 Å². The van der Waals surface area contributed by atoms with Crippen LogP contribution >= 0.6 is 0 Å². The minimum atomic E-state index is -0.194. The molecule has 0 fully saturated rings. The van der Waals surface area contributed by atoms with Gasteiger partial charge in [-0.1, -0.05) is 48.5 Å². The van der Waals surface area contributed by atoms with Gasteiger partial charge in [0.15, 0.2) is 0 Å². The minimum absolute atomic E-state index is 0.142. The molecule has 136 valence electrons. The average Bonchev–Trinajstić information content (AvgIpc) is 2.70. The smallest absolute Gasteiger partial charge is 0.255 e. The van der Waals surface area contributed by atoms with E-state index < -0.39 is 0 Å². The first-order valence-electron chi connectivity index (χ1n) is 8.92. The molecule has 2 N–H and O–H groups in total. The molecule has 0 aliphatic heterocycles. The molecule has 0 spiro atoms. The van der Waals surface area contributed by atoms with E-state index in [-0.39, 0.29) is 11.8 Å². The molecule has 0 saturated carbocycles. The molecule has 4 heteroatoms. The molecule has 0 aliphatic rings. The van der Waals surface area contributed by atoms with Crippen molar-refractivity contribution in [2.24, 2.45) is 0 Å². The Labute approximate surface area is 159 Å². The van der Waals surface area contributed by atoms with Crippen molar-refractivity contribution >= 4 is 17.5 Å². The number of carbonyl (C=O) groups is 2. The molecular weight excluding hydrogens is 336 g/mol. The van der Waals surface area contributed by atoms with Gasteiger partial charge >= 0.3 is 0 Å². The lowest BCUT2D eigenvalue weighted by Gasteiger charge is -2.09. The molecule has 4 nitrogen and oxygen atoms in total. The molecule has 0 radical (unpaired) electrons. The second-order valence-electron chi connectivity index (χ2n) is 6.34. The average molecular weight is 358 g/mol. The quantitative estimate of drug-likeness (QED) is 0.693. The van der Waals surface area contributed by atoms with Crippen molar-refractivity contribution in [2.45, 2.75) is 13.3 Å². The van der Waals surface area contributed by atoms with Crippen LogP contribution in [0.15, 0.2) is 78.9 Å². The monoisotopic (exact) mass is 358 g/mol. The number of hydrogen-bond acceptors (Lipinski definition) is 2. The molecule has 0 atom stereocenters. The summed E-state index contributed by atoms with van der Waals surface area (Å²) in [6, 6.07) is 24.3. The second kappa shape index (κ2) is 8.81. The van der Waals surface area contributed by atoms with Gasteiger partial charge in [-0.05, 0) is 54.8 Å². The van der Waals surface area contributed by atoms with Crippen LogP contribution in [0.2, 0.25) is 0 Å². The number of hydrogen-bond donors (Lipinski definition) is 2. The van der Waals surface area contributed by atoms with Crippen LogP contribution in [0.3, 0.4) is 0 Å². The number of nitrogens with one attached hydrogen (secondary N) is 2. The molecule has 27 heavy (non-hydrogen) atoms. The van der Waals surface area contributed by atoms with E-state index in [4.69, 9.17) is 0 Å². The van der Waals surface area contributed by atoms with Gasteiger partial charge in [-0.15, -0.1) is 0 Å². The fraction of sp³-hybridized carbons (Fsp3) is 0.130. The summed E-state index contributed by atoms with van der Waals surface area (Å²) in [4.78, 5) is 24.6. The number of anilines is 1. The summed E-state index contributed by atoms with van der Waals surface area (Å²) in [7, 11) is 0. The van der Waals surface area contributed by atoms with Crippen LogP contribution in [0.5, 0.6) is 0 Å². The van der Waals surface area contributed by atoms with E-state index in [1.54, 1.807) is 24.3 Å². The third kappa shape index (κ3) is 5.05. The maximum absolute atomic E-state index is 12.4. The Morgan fingerprint density at radius 2 is 1.33 bits per heavy atom. The van der Waals surface area contributed by atoms with E-state index in [9.17, 15) is 9.59 Å². The highest BCUT2D eigenvalue weighted by Gasteiger charge is 2.10. The fourth-order valence-electron chi connectivity index (χ4n) is 2.75. The van der Waals surface area contributed by atoms with E-state index in [2.05, 4.69) is 10.6 Å². The van der Waals surface area contributed by atoms with E-state index in [1.165, 1.54) is 5.56 Å². The van der Waals surface area contributed by atoms with E-state index in [0.717, 1.165) is 17.7 Å². The van der Waals surface area contributed by atoms with Gasteiger partial charge in [0.2, 0.25) is 0 Å². The summed E-state index contributed by atoms with van der Waals surface area (Å²) >= 11 is 0. The summed E-state index contributed by atoms with van der Waals surface area (Å²) < 4.78 is 0. The Kier molecular flexibility index (Phi) is 6.00. The maximum atomic E-state index is 12.4. The van der Waals surface area contributed by atoms with E-state index >= 15 is 0 Å². The standard InChI is InChI=1S/C23H22N2O2/c1-17-7-5-6-10-21(17)25-23(27)20-13-11-19(12-14-20)22(26)24-16-15-18-8-3-2-4-9-18/h2-14H,15-16H2,1H3,(H,24,26)(H,25,27). The molecule has 3 rings (SSSR count). The van der Waals surface area contributed by atoms with Gasteiger partial charge in [0.1, 0.15) is 0 Å². The number of aryl methyl sites for hydroxylation is 1. The summed E-state index contributed by atoms with van der Waals surface area (Å²) in [5.41, 5.74) is 4.01. The first kappa shape index (κ1) is 18.4. The van der Waals surface area contributed by atoms with Crippen LogP contribution in [-0.4, -0.2) is 18.4 Å².